The van der Waals surface area contributed by atoms with Crippen molar-refractivity contribution < 1.29 is 14.3 Å². The molecule has 1 aromatic heterocycles. The van der Waals surface area contributed by atoms with Crippen molar-refractivity contribution in [2.75, 3.05) is 44.3 Å². The largest absolute Gasteiger partial charge is 0.365 e. The molecule has 25 heavy (non-hydrogen) atoms. The molecule has 132 valence electrons. The van der Waals surface area contributed by atoms with E-state index in [1.54, 1.807) is 4.90 Å². The molecule has 2 aliphatic heterocycles. The SMILES string of the molecule is O=C(c1n[nH]c2ccccc12)N1CCO[C@H](C(=O)N2CCSCC2)C1. The van der Waals surface area contributed by atoms with E-state index in [4.69, 9.17) is 4.74 Å². The number of para-hydroxylation sites is 1. The monoisotopic (exact) mass is 360 g/mol. The van der Waals surface area contributed by atoms with E-state index < -0.39 is 6.10 Å². The molecule has 1 aromatic carbocycles. The Morgan fingerprint density at radius 2 is 1.96 bits per heavy atom. The van der Waals surface area contributed by atoms with Crippen LogP contribution < -0.4 is 0 Å². The summed E-state index contributed by atoms with van der Waals surface area (Å²) in [5, 5.41) is 7.86. The highest BCUT2D eigenvalue weighted by Crippen LogP contribution is 2.19. The number of aromatic nitrogens is 2. The number of thioether (sulfide) groups is 1. The van der Waals surface area contributed by atoms with Crippen LogP contribution in [0.2, 0.25) is 0 Å². The van der Waals surface area contributed by atoms with Gasteiger partial charge in [0.15, 0.2) is 11.8 Å². The first kappa shape index (κ1) is 16.4. The molecule has 1 atom stereocenters. The molecule has 3 heterocycles. The number of rotatable bonds is 2. The Bertz CT molecular complexity index is 787. The Balaban J connectivity index is 1.49. The molecule has 4 rings (SSSR count). The molecule has 0 bridgehead atoms. The third-order valence-electron chi connectivity index (χ3n) is 4.62. The number of amides is 2. The van der Waals surface area contributed by atoms with Crippen molar-refractivity contribution in [2.45, 2.75) is 6.10 Å². The van der Waals surface area contributed by atoms with Gasteiger partial charge in [0.05, 0.1) is 18.7 Å². The highest BCUT2D eigenvalue weighted by Gasteiger charge is 2.34. The summed E-state index contributed by atoms with van der Waals surface area (Å²) in [4.78, 5) is 29.1. The molecular weight excluding hydrogens is 340 g/mol. The van der Waals surface area contributed by atoms with Gasteiger partial charge in [0.25, 0.3) is 11.8 Å². The van der Waals surface area contributed by atoms with Gasteiger partial charge in [0.2, 0.25) is 0 Å². The topological polar surface area (TPSA) is 78.5 Å². The van der Waals surface area contributed by atoms with E-state index in [0.29, 0.717) is 18.8 Å². The molecular formula is C17H20N4O3S. The lowest BCUT2D eigenvalue weighted by atomic mass is 10.1. The van der Waals surface area contributed by atoms with Gasteiger partial charge in [-0.05, 0) is 6.07 Å². The second-order valence-corrected chi connectivity index (χ2v) is 7.39. The minimum Gasteiger partial charge on any atom is -0.365 e. The van der Waals surface area contributed by atoms with Gasteiger partial charge in [0.1, 0.15) is 0 Å². The zero-order chi connectivity index (χ0) is 17.2. The smallest absolute Gasteiger partial charge is 0.275 e. The van der Waals surface area contributed by atoms with Gasteiger partial charge >= 0.3 is 0 Å². The Morgan fingerprint density at radius 3 is 2.80 bits per heavy atom. The zero-order valence-corrected chi connectivity index (χ0v) is 14.6. The molecule has 0 radical (unpaired) electrons. The number of carbonyl (C=O) groups excluding carboxylic acids is 2. The van der Waals surface area contributed by atoms with Crippen LogP contribution >= 0.6 is 11.8 Å². The van der Waals surface area contributed by atoms with E-state index in [-0.39, 0.29) is 18.4 Å². The maximum Gasteiger partial charge on any atom is 0.275 e. The molecule has 1 N–H and O–H groups in total. The van der Waals surface area contributed by atoms with Gasteiger partial charge in [-0.15, -0.1) is 0 Å². The number of nitrogens with zero attached hydrogens (tertiary/aromatic N) is 3. The number of hydrogen-bond donors (Lipinski definition) is 1. The fourth-order valence-electron chi connectivity index (χ4n) is 3.25. The first-order chi connectivity index (χ1) is 12.2. The Kier molecular flexibility index (Phi) is 4.63. The van der Waals surface area contributed by atoms with Crippen LogP contribution in [-0.4, -0.2) is 82.2 Å². The molecule has 2 fully saturated rings. The number of morpholine rings is 1. The van der Waals surface area contributed by atoms with Crippen molar-refractivity contribution in [3.63, 3.8) is 0 Å². The quantitative estimate of drug-likeness (QED) is 0.864. The van der Waals surface area contributed by atoms with E-state index in [1.807, 2.05) is 40.9 Å². The van der Waals surface area contributed by atoms with E-state index in [1.165, 1.54) is 0 Å². The van der Waals surface area contributed by atoms with Crippen LogP contribution in [0, 0.1) is 0 Å². The molecule has 2 saturated heterocycles. The summed E-state index contributed by atoms with van der Waals surface area (Å²) >= 11 is 1.86. The zero-order valence-electron chi connectivity index (χ0n) is 13.8. The highest BCUT2D eigenvalue weighted by atomic mass is 32.2. The summed E-state index contributed by atoms with van der Waals surface area (Å²) in [5.41, 5.74) is 1.23. The number of hydrogen-bond acceptors (Lipinski definition) is 5. The van der Waals surface area contributed by atoms with Crippen LogP contribution in [0.4, 0.5) is 0 Å². The maximum absolute atomic E-state index is 12.9. The van der Waals surface area contributed by atoms with E-state index in [0.717, 1.165) is 35.5 Å². The van der Waals surface area contributed by atoms with E-state index in [9.17, 15) is 9.59 Å². The highest BCUT2D eigenvalue weighted by molar-refractivity contribution is 7.99. The van der Waals surface area contributed by atoms with Crippen LogP contribution in [0.3, 0.4) is 0 Å². The second kappa shape index (κ2) is 7.05. The normalized spacial score (nSPS) is 21.5. The number of aromatic amines is 1. The summed E-state index contributed by atoms with van der Waals surface area (Å²) in [6, 6.07) is 7.55. The van der Waals surface area contributed by atoms with Crippen LogP contribution in [0.25, 0.3) is 10.9 Å². The fraction of sp³-hybridized carbons (Fsp3) is 0.471. The van der Waals surface area contributed by atoms with Gasteiger partial charge in [-0.25, -0.2) is 0 Å². The summed E-state index contributed by atoms with van der Waals surface area (Å²) in [6.45, 7) is 2.62. The van der Waals surface area contributed by atoms with Crippen LogP contribution in [-0.2, 0) is 9.53 Å². The molecule has 2 amide bonds. The Labute approximate surface area is 149 Å². The minimum atomic E-state index is -0.578. The summed E-state index contributed by atoms with van der Waals surface area (Å²) < 4.78 is 5.66. The Morgan fingerprint density at radius 1 is 1.16 bits per heavy atom. The number of benzene rings is 1. The summed E-state index contributed by atoms with van der Waals surface area (Å²) in [6.07, 6.45) is -0.578. The molecule has 0 saturated carbocycles. The average molecular weight is 360 g/mol. The number of fused-ring (bicyclic) bond motifs is 1. The number of ether oxygens (including phenoxy) is 1. The van der Waals surface area contributed by atoms with Gasteiger partial charge in [-0.3, -0.25) is 14.7 Å². The first-order valence-corrected chi connectivity index (χ1v) is 9.60. The van der Waals surface area contributed by atoms with Gasteiger partial charge in [0, 0.05) is 36.5 Å². The lowest BCUT2D eigenvalue weighted by Crippen LogP contribution is -2.53. The van der Waals surface area contributed by atoms with Crippen LogP contribution in [0.1, 0.15) is 10.5 Å². The lowest BCUT2D eigenvalue weighted by molar-refractivity contribution is -0.147. The van der Waals surface area contributed by atoms with Gasteiger partial charge in [-0.1, -0.05) is 18.2 Å². The molecule has 8 heteroatoms. The number of H-pyrrole nitrogens is 1. The third kappa shape index (κ3) is 3.23. The Hall–Kier alpha value is -2.06. The van der Waals surface area contributed by atoms with Crippen LogP contribution in [0.5, 0.6) is 0 Å². The summed E-state index contributed by atoms with van der Waals surface area (Å²) in [5.74, 6) is 1.75. The lowest BCUT2D eigenvalue weighted by Gasteiger charge is -2.35. The van der Waals surface area contributed by atoms with E-state index >= 15 is 0 Å². The van der Waals surface area contributed by atoms with Gasteiger partial charge < -0.3 is 14.5 Å². The second-order valence-electron chi connectivity index (χ2n) is 6.17. The number of carbonyl (C=O) groups is 2. The van der Waals surface area contributed by atoms with Crippen molar-refractivity contribution in [2.24, 2.45) is 0 Å². The molecule has 2 aromatic rings. The molecule has 0 spiro atoms. The standard InChI is InChI=1S/C17H20N4O3S/c22-16(20-6-9-25-10-7-20)14-11-21(5-8-24-14)17(23)15-12-3-1-2-4-13(12)18-19-15/h1-4,14H,5-11H2,(H,18,19)/t14-/m0/s1. The van der Waals surface area contributed by atoms with E-state index in [2.05, 4.69) is 10.2 Å². The predicted octanol–water partition coefficient (Wildman–Crippen LogP) is 0.979. The van der Waals surface area contributed by atoms with Gasteiger partial charge in [-0.2, -0.15) is 16.9 Å². The maximum atomic E-state index is 12.9. The van der Waals surface area contributed by atoms with Crippen molar-refractivity contribution in [3.05, 3.63) is 30.0 Å². The van der Waals surface area contributed by atoms with Crippen molar-refractivity contribution in [1.82, 2.24) is 20.0 Å². The molecule has 0 unspecified atom stereocenters. The fourth-order valence-corrected chi connectivity index (χ4v) is 4.15. The van der Waals surface area contributed by atoms with Crippen molar-refractivity contribution in [3.8, 4) is 0 Å². The predicted molar refractivity (Wildman–Crippen MR) is 95.6 cm³/mol. The van der Waals surface area contributed by atoms with Crippen LogP contribution in [0.15, 0.2) is 24.3 Å². The minimum absolute atomic E-state index is 0.00955. The summed E-state index contributed by atoms with van der Waals surface area (Å²) in [7, 11) is 0. The van der Waals surface area contributed by atoms with Crippen molar-refractivity contribution >= 4 is 34.5 Å². The van der Waals surface area contributed by atoms with Crippen molar-refractivity contribution in [1.29, 1.82) is 0 Å². The average Bonchev–Trinajstić information content (AvgIpc) is 3.12. The molecule has 0 aliphatic carbocycles. The molecule has 2 aliphatic rings. The third-order valence-corrected chi connectivity index (χ3v) is 5.57. The first-order valence-electron chi connectivity index (χ1n) is 8.44. The molecule has 7 nitrogen and oxygen atoms in total. The number of nitrogens with one attached hydrogen (secondary N) is 1.